The molecule has 1 aromatic heterocycles. The molecule has 0 bridgehead atoms. The number of hydrogen-bond donors (Lipinski definition) is 7. The van der Waals surface area contributed by atoms with Crippen molar-refractivity contribution in [2.45, 2.75) is 71.1 Å². The number of nitrogens with zero attached hydrogens (tertiary/aromatic N) is 1. The Morgan fingerprint density at radius 1 is 0.971 bits per heavy atom. The van der Waals surface area contributed by atoms with Gasteiger partial charge in [-0.1, -0.05) is 27.7 Å². The largest absolute Gasteiger partial charge is 0.480 e. The van der Waals surface area contributed by atoms with E-state index in [1.54, 1.807) is 27.7 Å². The van der Waals surface area contributed by atoms with Gasteiger partial charge in [0.2, 0.25) is 23.6 Å². The Morgan fingerprint density at radius 3 is 1.94 bits per heavy atom. The summed E-state index contributed by atoms with van der Waals surface area (Å²) in [5.74, 6) is -4.51. The number of aromatic amines is 1. The third-order valence-electron chi connectivity index (χ3n) is 5.13. The number of carbonyl (C=O) groups is 5. The Labute approximate surface area is 197 Å². The highest BCUT2D eigenvalue weighted by atomic mass is 16.4. The lowest BCUT2D eigenvalue weighted by Crippen LogP contribution is -2.59. The van der Waals surface area contributed by atoms with Crippen molar-refractivity contribution in [1.82, 2.24) is 25.9 Å². The zero-order valence-electron chi connectivity index (χ0n) is 19.8. The second-order valence-corrected chi connectivity index (χ2v) is 8.75. The SMILES string of the molecule is CC(C)C(NC(=O)C(N)CCC(N)=O)C(=O)NC(C(=O)NC(Cc1cnc[nH]1)C(=O)O)C(C)C. The van der Waals surface area contributed by atoms with E-state index >= 15 is 0 Å². The third kappa shape index (κ3) is 9.17. The van der Waals surface area contributed by atoms with E-state index in [0.717, 1.165) is 0 Å². The molecule has 9 N–H and O–H groups in total. The Kier molecular flexibility index (Phi) is 11.2. The van der Waals surface area contributed by atoms with Gasteiger partial charge in [-0.3, -0.25) is 19.2 Å². The number of aromatic nitrogens is 2. The molecule has 1 aromatic rings. The number of carboxylic acid groups (broad SMARTS) is 1. The average Bonchev–Trinajstić information content (AvgIpc) is 3.25. The normalized spacial score (nSPS) is 14.7. The highest BCUT2D eigenvalue weighted by Crippen LogP contribution is 2.09. The molecule has 1 heterocycles. The monoisotopic (exact) mass is 481 g/mol. The van der Waals surface area contributed by atoms with Crippen molar-refractivity contribution in [1.29, 1.82) is 0 Å². The summed E-state index contributed by atoms with van der Waals surface area (Å²) < 4.78 is 0. The van der Waals surface area contributed by atoms with Crippen molar-refractivity contribution in [3.8, 4) is 0 Å². The molecule has 4 unspecified atom stereocenters. The van der Waals surface area contributed by atoms with Crippen LogP contribution in [-0.2, 0) is 30.4 Å². The predicted molar refractivity (Wildman–Crippen MR) is 122 cm³/mol. The van der Waals surface area contributed by atoms with Gasteiger partial charge >= 0.3 is 5.97 Å². The van der Waals surface area contributed by atoms with Gasteiger partial charge in [-0.2, -0.15) is 0 Å². The Bertz CT molecular complexity index is 856. The van der Waals surface area contributed by atoms with Crippen LogP contribution in [0, 0.1) is 11.8 Å². The van der Waals surface area contributed by atoms with Gasteiger partial charge < -0.3 is 37.5 Å². The molecule has 1 rings (SSSR count). The molecule has 0 radical (unpaired) electrons. The van der Waals surface area contributed by atoms with Crippen LogP contribution in [0.25, 0.3) is 0 Å². The fourth-order valence-corrected chi connectivity index (χ4v) is 3.08. The molecule has 0 aliphatic heterocycles. The number of rotatable bonds is 14. The summed E-state index contributed by atoms with van der Waals surface area (Å²) >= 11 is 0. The smallest absolute Gasteiger partial charge is 0.326 e. The first kappa shape index (κ1) is 28.6. The standard InChI is InChI=1S/C21H35N7O6/c1-10(2)16(19(31)26-14(21(33)34)7-12-8-24-9-25-12)28-20(32)17(11(3)4)27-18(30)13(22)5-6-15(23)29/h8-11,13-14,16-17H,5-7,22H2,1-4H3,(H2,23,29)(H,24,25)(H,26,31)(H,27,30)(H,28,32)(H,33,34). The number of nitrogens with two attached hydrogens (primary N) is 2. The van der Waals surface area contributed by atoms with Crippen LogP contribution in [0.15, 0.2) is 12.5 Å². The van der Waals surface area contributed by atoms with Crippen LogP contribution in [0.3, 0.4) is 0 Å². The zero-order chi connectivity index (χ0) is 26.0. The third-order valence-corrected chi connectivity index (χ3v) is 5.13. The number of imidazole rings is 1. The van der Waals surface area contributed by atoms with E-state index < -0.39 is 53.8 Å². The second kappa shape index (κ2) is 13.3. The van der Waals surface area contributed by atoms with Crippen molar-refractivity contribution in [3.05, 3.63) is 18.2 Å². The van der Waals surface area contributed by atoms with Crippen LogP contribution in [0.4, 0.5) is 0 Å². The molecule has 0 saturated carbocycles. The zero-order valence-corrected chi connectivity index (χ0v) is 19.8. The molecular formula is C21H35N7O6. The van der Waals surface area contributed by atoms with Crippen LogP contribution in [0.1, 0.15) is 46.2 Å². The van der Waals surface area contributed by atoms with Gasteiger partial charge in [-0.05, 0) is 18.3 Å². The minimum absolute atomic E-state index is 0.0201. The Morgan fingerprint density at radius 2 is 1.50 bits per heavy atom. The number of amides is 4. The number of aliphatic carboxylic acids is 1. The highest BCUT2D eigenvalue weighted by molar-refractivity contribution is 5.94. The molecule has 0 aliphatic carbocycles. The molecule has 190 valence electrons. The second-order valence-electron chi connectivity index (χ2n) is 8.75. The maximum atomic E-state index is 13.0. The van der Waals surface area contributed by atoms with E-state index in [2.05, 4.69) is 25.9 Å². The van der Waals surface area contributed by atoms with Gasteiger partial charge in [-0.15, -0.1) is 0 Å². The van der Waals surface area contributed by atoms with E-state index in [-0.39, 0.29) is 31.1 Å². The number of primary amides is 1. The van der Waals surface area contributed by atoms with Gasteiger partial charge in [0.15, 0.2) is 0 Å². The lowest BCUT2D eigenvalue weighted by atomic mass is 9.98. The molecule has 34 heavy (non-hydrogen) atoms. The highest BCUT2D eigenvalue weighted by Gasteiger charge is 2.33. The summed E-state index contributed by atoms with van der Waals surface area (Å²) in [5.41, 5.74) is 11.4. The number of hydrogen-bond acceptors (Lipinski definition) is 7. The van der Waals surface area contributed by atoms with Crippen molar-refractivity contribution in [2.75, 3.05) is 0 Å². The van der Waals surface area contributed by atoms with E-state index in [9.17, 15) is 29.1 Å². The molecule has 0 fully saturated rings. The quantitative estimate of drug-likeness (QED) is 0.163. The summed E-state index contributed by atoms with van der Waals surface area (Å²) in [6, 6.07) is -4.35. The summed E-state index contributed by atoms with van der Waals surface area (Å²) in [5, 5.41) is 17.1. The molecular weight excluding hydrogens is 446 g/mol. The van der Waals surface area contributed by atoms with Crippen molar-refractivity contribution in [3.63, 3.8) is 0 Å². The van der Waals surface area contributed by atoms with Gasteiger partial charge in [0.1, 0.15) is 18.1 Å². The lowest BCUT2D eigenvalue weighted by molar-refractivity contribution is -0.142. The molecule has 13 nitrogen and oxygen atoms in total. The lowest BCUT2D eigenvalue weighted by Gasteiger charge is -2.28. The van der Waals surface area contributed by atoms with Crippen molar-refractivity contribution in [2.24, 2.45) is 23.3 Å². The van der Waals surface area contributed by atoms with Crippen LogP contribution < -0.4 is 27.4 Å². The van der Waals surface area contributed by atoms with Gasteiger partial charge in [0, 0.05) is 24.7 Å². The minimum Gasteiger partial charge on any atom is -0.480 e. The number of carboxylic acids is 1. The van der Waals surface area contributed by atoms with Crippen LogP contribution in [-0.4, -0.2) is 68.8 Å². The van der Waals surface area contributed by atoms with Crippen molar-refractivity contribution < 1.29 is 29.1 Å². The van der Waals surface area contributed by atoms with E-state index in [1.807, 2.05) is 0 Å². The van der Waals surface area contributed by atoms with Gasteiger partial charge in [0.25, 0.3) is 0 Å². The van der Waals surface area contributed by atoms with Crippen LogP contribution in [0.2, 0.25) is 0 Å². The van der Waals surface area contributed by atoms with E-state index in [0.29, 0.717) is 5.69 Å². The maximum Gasteiger partial charge on any atom is 0.326 e. The van der Waals surface area contributed by atoms with Crippen LogP contribution >= 0.6 is 0 Å². The van der Waals surface area contributed by atoms with Gasteiger partial charge in [0.05, 0.1) is 12.4 Å². The maximum absolute atomic E-state index is 13.0. The molecule has 0 aliphatic rings. The molecule has 0 saturated heterocycles. The first-order valence-corrected chi connectivity index (χ1v) is 11.0. The summed E-state index contributed by atoms with van der Waals surface area (Å²) in [7, 11) is 0. The van der Waals surface area contributed by atoms with Gasteiger partial charge in [-0.25, -0.2) is 9.78 Å². The molecule has 13 heteroatoms. The number of nitrogens with one attached hydrogen (secondary N) is 4. The minimum atomic E-state index is -1.24. The van der Waals surface area contributed by atoms with Crippen LogP contribution in [0.5, 0.6) is 0 Å². The fraction of sp³-hybridized carbons (Fsp3) is 0.619. The van der Waals surface area contributed by atoms with E-state index in [1.165, 1.54) is 12.5 Å². The fourth-order valence-electron chi connectivity index (χ4n) is 3.08. The van der Waals surface area contributed by atoms with Crippen molar-refractivity contribution >= 4 is 29.6 Å². The first-order chi connectivity index (χ1) is 15.8. The molecule has 0 spiro atoms. The summed E-state index contributed by atoms with van der Waals surface area (Å²) in [6.07, 6.45) is 2.78. The first-order valence-electron chi connectivity index (χ1n) is 11.0. The summed E-state index contributed by atoms with van der Waals surface area (Å²) in [4.78, 5) is 67.3. The van der Waals surface area contributed by atoms with E-state index in [4.69, 9.17) is 11.5 Å². The predicted octanol–water partition coefficient (Wildman–Crippen LogP) is -1.60. The molecule has 0 aromatic carbocycles. The average molecular weight is 482 g/mol. The Hall–Kier alpha value is -3.48. The number of H-pyrrole nitrogens is 1. The molecule has 4 atom stereocenters. The topological polar surface area (TPSA) is 222 Å². The summed E-state index contributed by atoms with van der Waals surface area (Å²) in [6.45, 7) is 6.79. The number of carbonyl (C=O) groups excluding carboxylic acids is 4. The Balaban J connectivity index is 2.88. The molecule has 4 amide bonds.